The monoisotopic (exact) mass is 493 g/mol. The van der Waals surface area contributed by atoms with Gasteiger partial charge >= 0.3 is 0 Å². The Bertz CT molecular complexity index is 533. The molecule has 1 aromatic carbocycles. The first-order valence-corrected chi connectivity index (χ1v) is 9.22. The number of benzene rings is 1. The van der Waals surface area contributed by atoms with Crippen LogP contribution in [-0.4, -0.2) is 59.6 Å². The predicted octanol–water partition coefficient (Wildman–Crippen LogP) is 3.20. The Morgan fingerprint density at radius 3 is 2.44 bits per heavy atom. The Hall–Kier alpha value is -1.06. The van der Waals surface area contributed by atoms with Crippen LogP contribution in [0.4, 0.5) is 0 Å². The van der Waals surface area contributed by atoms with Crippen molar-refractivity contribution in [3.05, 3.63) is 29.8 Å². The maximum Gasteiger partial charge on any atom is 0.191 e. The molecule has 0 unspecified atom stereocenters. The van der Waals surface area contributed by atoms with Crippen molar-refractivity contribution in [1.82, 2.24) is 10.6 Å². The maximum absolute atomic E-state index is 5.84. The lowest BCUT2D eigenvalue weighted by Gasteiger charge is -2.20. The predicted molar refractivity (Wildman–Crippen MR) is 123 cm³/mol. The molecule has 0 radical (unpaired) electrons. The molecular weight excluding hydrogens is 457 g/mol. The van der Waals surface area contributed by atoms with Crippen molar-refractivity contribution < 1.29 is 14.2 Å². The molecule has 0 saturated heterocycles. The molecule has 1 aromatic rings. The van der Waals surface area contributed by atoms with E-state index in [0.29, 0.717) is 33.0 Å². The molecule has 0 spiro atoms. The van der Waals surface area contributed by atoms with Crippen molar-refractivity contribution in [2.24, 2.45) is 4.99 Å². The SMILES string of the molecule is CN=C(NCCCOCCOC)NCCOc1cccc(C(C)(C)C)c1.I. The molecule has 1 rings (SSSR count). The van der Waals surface area contributed by atoms with Gasteiger partial charge in [0.05, 0.1) is 19.8 Å². The van der Waals surface area contributed by atoms with Gasteiger partial charge in [0, 0.05) is 27.3 Å². The first-order chi connectivity index (χ1) is 12.5. The summed E-state index contributed by atoms with van der Waals surface area (Å²) in [5.41, 5.74) is 1.39. The largest absolute Gasteiger partial charge is 0.492 e. The fourth-order valence-electron chi connectivity index (χ4n) is 2.24. The molecule has 0 aromatic heterocycles. The van der Waals surface area contributed by atoms with Crippen LogP contribution in [0.5, 0.6) is 5.75 Å². The van der Waals surface area contributed by atoms with Gasteiger partial charge in [-0.25, -0.2) is 0 Å². The third kappa shape index (κ3) is 12.1. The molecule has 6 nitrogen and oxygen atoms in total. The molecule has 0 atom stereocenters. The van der Waals surface area contributed by atoms with Gasteiger partial charge in [0.2, 0.25) is 0 Å². The Morgan fingerprint density at radius 2 is 1.78 bits per heavy atom. The first kappa shape index (κ1) is 25.9. The minimum Gasteiger partial charge on any atom is -0.492 e. The summed E-state index contributed by atoms with van der Waals surface area (Å²) in [4.78, 5) is 4.20. The average Bonchev–Trinajstić information content (AvgIpc) is 2.62. The van der Waals surface area contributed by atoms with E-state index in [1.165, 1.54) is 5.56 Å². The molecule has 0 amide bonds. The van der Waals surface area contributed by atoms with Crippen LogP contribution < -0.4 is 15.4 Å². The van der Waals surface area contributed by atoms with E-state index in [9.17, 15) is 0 Å². The van der Waals surface area contributed by atoms with E-state index in [1.54, 1.807) is 14.2 Å². The van der Waals surface area contributed by atoms with Gasteiger partial charge in [-0.05, 0) is 29.5 Å². The number of halogens is 1. The minimum atomic E-state index is 0. The Balaban J connectivity index is 0.00000676. The summed E-state index contributed by atoms with van der Waals surface area (Å²) in [7, 11) is 3.43. The van der Waals surface area contributed by atoms with Gasteiger partial charge in [-0.2, -0.15) is 0 Å². The van der Waals surface area contributed by atoms with Crippen molar-refractivity contribution in [2.75, 3.05) is 53.7 Å². The number of nitrogens with one attached hydrogen (secondary N) is 2. The van der Waals surface area contributed by atoms with Gasteiger partial charge in [0.1, 0.15) is 12.4 Å². The maximum atomic E-state index is 5.84. The number of ether oxygens (including phenoxy) is 3. The second kappa shape index (κ2) is 14.9. The van der Waals surface area contributed by atoms with Gasteiger partial charge in [-0.1, -0.05) is 32.9 Å². The van der Waals surface area contributed by atoms with Gasteiger partial charge in [0.25, 0.3) is 0 Å². The second-order valence-electron chi connectivity index (χ2n) is 7.01. The van der Waals surface area contributed by atoms with Gasteiger partial charge in [-0.15, -0.1) is 24.0 Å². The number of hydrogen-bond donors (Lipinski definition) is 2. The lowest BCUT2D eigenvalue weighted by Crippen LogP contribution is -2.39. The van der Waals surface area contributed by atoms with E-state index in [4.69, 9.17) is 14.2 Å². The summed E-state index contributed by atoms with van der Waals surface area (Å²) in [6, 6.07) is 8.27. The van der Waals surface area contributed by atoms with Crippen molar-refractivity contribution in [2.45, 2.75) is 32.6 Å². The zero-order chi connectivity index (χ0) is 19.3. The number of guanidine groups is 1. The fraction of sp³-hybridized carbons (Fsp3) is 0.650. The highest BCUT2D eigenvalue weighted by molar-refractivity contribution is 14.0. The van der Waals surface area contributed by atoms with Crippen molar-refractivity contribution >= 4 is 29.9 Å². The molecular formula is C20H36IN3O3. The molecule has 2 N–H and O–H groups in total. The van der Waals surface area contributed by atoms with Crippen LogP contribution in [0.2, 0.25) is 0 Å². The van der Waals surface area contributed by atoms with Gasteiger partial charge in [0.15, 0.2) is 5.96 Å². The highest BCUT2D eigenvalue weighted by Crippen LogP contribution is 2.25. The summed E-state index contributed by atoms with van der Waals surface area (Å²) in [5, 5.41) is 6.51. The van der Waals surface area contributed by atoms with E-state index in [1.807, 2.05) is 12.1 Å². The van der Waals surface area contributed by atoms with Gasteiger partial charge < -0.3 is 24.8 Å². The van der Waals surface area contributed by atoms with Crippen LogP contribution in [0.3, 0.4) is 0 Å². The number of nitrogens with zero attached hydrogens (tertiary/aromatic N) is 1. The van der Waals surface area contributed by atoms with Crippen molar-refractivity contribution in [3.8, 4) is 5.75 Å². The standard InChI is InChI=1S/C20H35N3O3.HI/c1-20(2,3)17-8-6-9-18(16-17)26-13-11-23-19(21-4)22-10-7-12-25-15-14-24-5;/h6,8-9,16H,7,10-15H2,1-5H3,(H2,21,22,23);1H. The van der Waals surface area contributed by atoms with E-state index in [-0.39, 0.29) is 29.4 Å². The zero-order valence-electron chi connectivity index (χ0n) is 17.3. The van der Waals surface area contributed by atoms with Crippen molar-refractivity contribution in [3.63, 3.8) is 0 Å². The smallest absolute Gasteiger partial charge is 0.191 e. The summed E-state index contributed by atoms with van der Waals surface area (Å²) in [6.45, 7) is 10.6. The topological polar surface area (TPSA) is 64.1 Å². The highest BCUT2D eigenvalue weighted by atomic mass is 127. The van der Waals surface area contributed by atoms with E-state index >= 15 is 0 Å². The Morgan fingerprint density at radius 1 is 1.04 bits per heavy atom. The number of hydrogen-bond acceptors (Lipinski definition) is 4. The van der Waals surface area contributed by atoms with E-state index in [2.05, 4.69) is 48.5 Å². The summed E-state index contributed by atoms with van der Waals surface area (Å²) in [5.74, 6) is 1.67. The average molecular weight is 493 g/mol. The third-order valence-corrected chi connectivity index (χ3v) is 3.78. The fourth-order valence-corrected chi connectivity index (χ4v) is 2.24. The van der Waals surface area contributed by atoms with Crippen molar-refractivity contribution in [1.29, 1.82) is 0 Å². The molecule has 0 aliphatic carbocycles. The molecule has 7 heteroatoms. The molecule has 0 fully saturated rings. The molecule has 0 aliphatic heterocycles. The summed E-state index contributed by atoms with van der Waals surface area (Å²) in [6.07, 6.45) is 0.917. The quantitative estimate of drug-likeness (QED) is 0.215. The first-order valence-electron chi connectivity index (χ1n) is 9.22. The van der Waals surface area contributed by atoms with E-state index < -0.39 is 0 Å². The molecule has 0 bridgehead atoms. The van der Waals surface area contributed by atoms with Crippen LogP contribution in [0, 0.1) is 0 Å². The number of rotatable bonds is 11. The number of aliphatic imine (C=N–C) groups is 1. The number of methoxy groups -OCH3 is 1. The summed E-state index contributed by atoms with van der Waals surface area (Å²) < 4.78 is 16.2. The molecule has 156 valence electrons. The molecule has 0 aliphatic rings. The third-order valence-electron chi connectivity index (χ3n) is 3.78. The Labute approximate surface area is 181 Å². The van der Waals surface area contributed by atoms with Gasteiger partial charge in [-0.3, -0.25) is 4.99 Å². The highest BCUT2D eigenvalue weighted by Gasteiger charge is 2.13. The normalized spacial score (nSPS) is 11.7. The minimum absolute atomic E-state index is 0. The van der Waals surface area contributed by atoms with E-state index in [0.717, 1.165) is 24.7 Å². The van der Waals surface area contributed by atoms with Crippen LogP contribution in [0.25, 0.3) is 0 Å². The lowest BCUT2D eigenvalue weighted by molar-refractivity contribution is 0.0698. The van der Waals surface area contributed by atoms with Crippen LogP contribution in [0.1, 0.15) is 32.8 Å². The molecule has 0 saturated carbocycles. The Kier molecular flexibility index (Phi) is 14.3. The second-order valence-corrected chi connectivity index (χ2v) is 7.01. The van der Waals surface area contributed by atoms with Crippen LogP contribution in [0.15, 0.2) is 29.3 Å². The lowest BCUT2D eigenvalue weighted by atomic mass is 9.87. The van der Waals surface area contributed by atoms with Crippen LogP contribution in [-0.2, 0) is 14.9 Å². The zero-order valence-corrected chi connectivity index (χ0v) is 19.7. The van der Waals surface area contributed by atoms with Crippen LogP contribution >= 0.6 is 24.0 Å². The molecule has 27 heavy (non-hydrogen) atoms. The molecule has 0 heterocycles. The summed E-state index contributed by atoms with van der Waals surface area (Å²) >= 11 is 0.